The summed E-state index contributed by atoms with van der Waals surface area (Å²) >= 11 is 0. The minimum atomic E-state index is -0.255. The molecule has 113 heavy (non-hydrogen) atoms. The summed E-state index contributed by atoms with van der Waals surface area (Å²) in [5.41, 5.74) is 42.2. The van der Waals surface area contributed by atoms with E-state index in [4.69, 9.17) is 0 Å². The Morgan fingerprint density at radius 2 is 0.407 bits per heavy atom. The van der Waals surface area contributed by atoms with Gasteiger partial charge in [-0.2, -0.15) is 0 Å². The topological polar surface area (TPSA) is 6.48 Å². The fraction of sp³-hybridized carbons (Fsp3) is 0.135. The highest BCUT2D eigenvalue weighted by atomic mass is 15.1. The number of hydrogen-bond donors (Lipinski definition) is 0. The Morgan fingerprint density at radius 3 is 0.726 bits per heavy atom. The first-order valence-corrected chi connectivity index (χ1v) is 40.2. The van der Waals surface area contributed by atoms with Crippen LogP contribution in [0.3, 0.4) is 0 Å². The molecule has 2 heteroatoms. The maximum absolute atomic E-state index is 2.49. The lowest BCUT2D eigenvalue weighted by molar-refractivity contribution is 0.659. The van der Waals surface area contributed by atoms with Crippen molar-refractivity contribution >= 4 is 80.0 Å². The van der Waals surface area contributed by atoms with Gasteiger partial charge in [0.2, 0.25) is 0 Å². The van der Waals surface area contributed by atoms with Crippen LogP contribution < -0.4 is 9.80 Å². The summed E-state index contributed by atoms with van der Waals surface area (Å²) in [5.74, 6) is 0. The Balaban J connectivity index is 0.543. The first-order valence-electron chi connectivity index (χ1n) is 40.2. The number of benzene rings is 16. The summed E-state index contributed by atoms with van der Waals surface area (Å²) in [6.07, 6.45) is 9.26. The Morgan fingerprint density at radius 1 is 0.168 bits per heavy atom. The van der Waals surface area contributed by atoms with Gasteiger partial charge in [0.15, 0.2) is 0 Å². The minimum Gasteiger partial charge on any atom is -0.310 e. The lowest BCUT2D eigenvalue weighted by atomic mass is 9.81. The third kappa shape index (κ3) is 10.7. The van der Waals surface area contributed by atoms with Gasteiger partial charge in [-0.3, -0.25) is 0 Å². The molecule has 0 aliphatic heterocycles. The van der Waals surface area contributed by atoms with Crippen LogP contribution in [-0.2, 0) is 27.1 Å². The molecule has 0 saturated heterocycles. The third-order valence-electron chi connectivity index (χ3n) is 26.6. The van der Waals surface area contributed by atoms with Gasteiger partial charge >= 0.3 is 0 Å². The van der Waals surface area contributed by atoms with E-state index >= 15 is 0 Å². The van der Waals surface area contributed by atoms with Crippen LogP contribution in [0.5, 0.6) is 0 Å². The SMILES string of the molecule is CC1(C)c2cc(C=Cc3ccc4c(c3)C(C)(C)c3cc(N(c5cccc(-c6ccc7ccccc7c6)c5)c5ccc6c(c5)C(C)(C)c5ccccc5-6)ccc3-4)ccc2-c2ccc(C=Cc3ccc4c(c3)C(C)(C)c3cc(N(c5cccc(-c6ccc7ccccc7c6)c5)c5ccc6c(c5)C(C)(C)c5ccccc5-6)ccc3-4)cc21. The molecule has 0 N–H and O–H groups in total. The van der Waals surface area contributed by atoms with Gasteiger partial charge in [0, 0.05) is 61.2 Å². The van der Waals surface area contributed by atoms with E-state index < -0.39 is 0 Å². The standard InChI is InChI=1S/C111H88N2/c1-107(2)97-31-17-15-29-87(97)93-53-45-83(65-103(93)107)112(81-27-19-25-77(63-81)79-43-41-73-21-11-13-23-75(73)61-79)85-47-55-95-91-51-39-71(59-101(91)110(7,8)105(95)67-85)35-33-69-37-49-89-90-50-38-70(58-100(90)109(5,6)99(89)57-69)34-36-72-40-52-92-96-56-48-86(68-106(96)111(9,10)102(92)60-72)113(84-46-54-94-88-30-16-18-32-98(88)108(3,4)104(94)66-84)82-28-20-26-78(64-82)80-44-42-74-22-12-14-24-76(74)62-80/h11-68H,1-10H3. The predicted molar refractivity (Wildman–Crippen MR) is 480 cm³/mol. The zero-order valence-electron chi connectivity index (χ0n) is 65.9. The van der Waals surface area contributed by atoms with Gasteiger partial charge in [-0.1, -0.05) is 336 Å². The van der Waals surface area contributed by atoms with E-state index in [2.05, 4.69) is 431 Å². The summed E-state index contributed by atoms with van der Waals surface area (Å²) in [6, 6.07) is 124. The highest BCUT2D eigenvalue weighted by molar-refractivity contribution is 5.96. The van der Waals surface area contributed by atoms with Gasteiger partial charge in [-0.15, -0.1) is 0 Å². The van der Waals surface area contributed by atoms with Gasteiger partial charge in [0.1, 0.15) is 0 Å². The second-order valence-corrected chi connectivity index (χ2v) is 34.9. The van der Waals surface area contributed by atoms with Crippen LogP contribution in [0, 0.1) is 0 Å². The molecule has 0 heterocycles. The molecule has 0 spiro atoms. The molecule has 2 nitrogen and oxygen atoms in total. The lowest BCUT2D eigenvalue weighted by Gasteiger charge is -2.30. The number of nitrogens with zero attached hydrogens (tertiary/aromatic N) is 2. The van der Waals surface area contributed by atoms with Gasteiger partial charge < -0.3 is 9.80 Å². The zero-order chi connectivity index (χ0) is 76.6. The van der Waals surface area contributed by atoms with Crippen molar-refractivity contribution in [2.75, 3.05) is 9.80 Å². The van der Waals surface area contributed by atoms with Crippen LogP contribution in [0.4, 0.5) is 34.1 Å². The molecule has 0 fully saturated rings. The van der Waals surface area contributed by atoms with Crippen LogP contribution in [-0.4, -0.2) is 0 Å². The molecule has 0 radical (unpaired) electrons. The van der Waals surface area contributed by atoms with E-state index in [0.717, 1.165) is 34.1 Å². The number of hydrogen-bond acceptors (Lipinski definition) is 2. The molecule has 0 unspecified atom stereocenters. The molecule has 0 aromatic heterocycles. The molecule has 5 aliphatic carbocycles. The van der Waals surface area contributed by atoms with E-state index in [1.807, 2.05) is 0 Å². The molecule has 21 rings (SSSR count). The molecule has 0 atom stereocenters. The first kappa shape index (κ1) is 68.2. The summed E-state index contributed by atoms with van der Waals surface area (Å²) in [5, 5.41) is 4.98. The van der Waals surface area contributed by atoms with E-state index in [-0.39, 0.29) is 27.1 Å². The van der Waals surface area contributed by atoms with Crippen molar-refractivity contribution in [3.05, 3.63) is 405 Å². The monoisotopic (exact) mass is 1450 g/mol. The van der Waals surface area contributed by atoms with Crippen molar-refractivity contribution in [3.8, 4) is 77.9 Å². The summed E-state index contributed by atoms with van der Waals surface area (Å²) in [4.78, 5) is 4.98. The third-order valence-corrected chi connectivity index (χ3v) is 26.6. The Hall–Kier alpha value is -12.9. The lowest BCUT2D eigenvalue weighted by Crippen LogP contribution is -2.18. The second kappa shape index (κ2) is 25.1. The molecule has 16 aromatic carbocycles. The van der Waals surface area contributed by atoms with Gasteiger partial charge in [-0.05, 0) is 262 Å². The molecule has 0 amide bonds. The zero-order valence-corrected chi connectivity index (χ0v) is 65.9. The number of fused-ring (bicyclic) bond motifs is 17. The van der Waals surface area contributed by atoms with Crippen molar-refractivity contribution in [1.29, 1.82) is 0 Å². The summed E-state index contributed by atoms with van der Waals surface area (Å²) in [7, 11) is 0. The molecular weight excluding hydrogens is 1360 g/mol. The average molecular weight is 1450 g/mol. The van der Waals surface area contributed by atoms with Crippen LogP contribution in [0.2, 0.25) is 0 Å². The normalized spacial score (nSPS) is 15.3. The second-order valence-electron chi connectivity index (χ2n) is 34.9. The smallest absolute Gasteiger partial charge is 0.0467 e. The highest BCUT2D eigenvalue weighted by Gasteiger charge is 2.42. The molecular formula is C111H88N2. The van der Waals surface area contributed by atoms with Gasteiger partial charge in [0.25, 0.3) is 0 Å². The van der Waals surface area contributed by atoms with E-state index in [1.165, 1.54) is 177 Å². The van der Waals surface area contributed by atoms with E-state index in [0.29, 0.717) is 0 Å². The largest absolute Gasteiger partial charge is 0.310 e. The van der Waals surface area contributed by atoms with Crippen LogP contribution in [0.1, 0.15) is 147 Å². The van der Waals surface area contributed by atoms with Gasteiger partial charge in [0.05, 0.1) is 0 Å². The van der Waals surface area contributed by atoms with Crippen molar-refractivity contribution in [3.63, 3.8) is 0 Å². The van der Waals surface area contributed by atoms with E-state index in [1.54, 1.807) is 0 Å². The maximum Gasteiger partial charge on any atom is 0.0467 e. The van der Waals surface area contributed by atoms with E-state index in [9.17, 15) is 0 Å². The Bertz CT molecular complexity index is 6390. The first-order chi connectivity index (χ1) is 54.7. The van der Waals surface area contributed by atoms with Crippen LogP contribution >= 0.6 is 0 Å². The summed E-state index contributed by atoms with van der Waals surface area (Å²) in [6.45, 7) is 24.0. The highest BCUT2D eigenvalue weighted by Crippen LogP contribution is 2.58. The predicted octanol–water partition coefficient (Wildman–Crippen LogP) is 30.1. The molecule has 5 aliphatic rings. The molecule has 16 aromatic rings. The van der Waals surface area contributed by atoms with Crippen LogP contribution in [0.15, 0.2) is 328 Å². The number of anilines is 6. The maximum atomic E-state index is 2.49. The summed E-state index contributed by atoms with van der Waals surface area (Å²) < 4.78 is 0. The van der Waals surface area contributed by atoms with Crippen LogP contribution in [0.25, 0.3) is 124 Å². The van der Waals surface area contributed by atoms with Crippen molar-refractivity contribution in [2.24, 2.45) is 0 Å². The fourth-order valence-electron chi connectivity index (χ4n) is 20.3. The van der Waals surface area contributed by atoms with Crippen molar-refractivity contribution < 1.29 is 0 Å². The Kier molecular flexibility index (Phi) is 15.1. The molecule has 0 bridgehead atoms. The quantitative estimate of drug-likeness (QED) is 0.113. The van der Waals surface area contributed by atoms with Gasteiger partial charge in [-0.25, -0.2) is 0 Å². The molecule has 0 saturated carbocycles. The minimum absolute atomic E-state index is 0.143. The average Bonchev–Trinajstić information content (AvgIpc) is 1.60. The Labute approximate surface area is 665 Å². The fourth-order valence-corrected chi connectivity index (χ4v) is 20.3. The van der Waals surface area contributed by atoms with Crippen molar-refractivity contribution in [1.82, 2.24) is 0 Å². The molecule has 542 valence electrons. The van der Waals surface area contributed by atoms with Crippen molar-refractivity contribution in [2.45, 2.75) is 96.3 Å². The number of rotatable bonds is 12.